The molecule has 0 bridgehead atoms. The molecule has 0 aliphatic carbocycles. The number of hydrogen-bond acceptors (Lipinski definition) is 4. The Labute approximate surface area is 148 Å². The van der Waals surface area contributed by atoms with Crippen LogP contribution in [0.5, 0.6) is 0 Å². The summed E-state index contributed by atoms with van der Waals surface area (Å²) >= 11 is 0. The van der Waals surface area contributed by atoms with Gasteiger partial charge in [-0.2, -0.15) is 0 Å². The summed E-state index contributed by atoms with van der Waals surface area (Å²) in [6, 6.07) is 0.518. The number of morpholine rings is 1. The Hall–Kier alpha value is -0.850. The quantitative estimate of drug-likeness (QED) is 0.359. The summed E-state index contributed by atoms with van der Waals surface area (Å²) in [6.07, 6.45) is 1.18. The minimum Gasteiger partial charge on any atom is -0.379 e. The van der Waals surface area contributed by atoms with E-state index in [1.807, 2.05) is 7.05 Å². The van der Waals surface area contributed by atoms with Crippen LogP contribution in [0, 0.1) is 11.8 Å². The van der Waals surface area contributed by atoms with Crippen molar-refractivity contribution in [3.05, 3.63) is 0 Å². The fourth-order valence-electron chi connectivity index (χ4n) is 2.84. The first-order valence-electron chi connectivity index (χ1n) is 9.37. The summed E-state index contributed by atoms with van der Waals surface area (Å²) in [6.45, 7) is 15.8. The molecule has 1 unspecified atom stereocenters. The van der Waals surface area contributed by atoms with Crippen LogP contribution in [0.15, 0.2) is 4.99 Å². The molecule has 142 valence electrons. The minimum absolute atomic E-state index is 0.518. The number of nitrogens with zero attached hydrogens (tertiary/aromatic N) is 2. The average Bonchev–Trinajstić information content (AvgIpc) is 2.56. The van der Waals surface area contributed by atoms with Gasteiger partial charge in [-0.15, -0.1) is 0 Å². The standard InChI is InChI=1S/C18H38N4O2/c1-15(2)12-17(22-7-10-23-11-8-22)13-21-18(19-5)20-6-9-24-14-16(3)4/h15-17H,6-14H2,1-5H3,(H2,19,20,21). The molecule has 0 amide bonds. The number of guanidine groups is 1. The van der Waals surface area contributed by atoms with E-state index in [0.717, 1.165) is 52.0 Å². The molecule has 0 aromatic rings. The van der Waals surface area contributed by atoms with Gasteiger partial charge in [-0.3, -0.25) is 9.89 Å². The summed E-state index contributed by atoms with van der Waals surface area (Å²) in [5.41, 5.74) is 0. The largest absolute Gasteiger partial charge is 0.379 e. The lowest BCUT2D eigenvalue weighted by molar-refractivity contribution is 0.0132. The van der Waals surface area contributed by atoms with Crippen LogP contribution in [0.4, 0.5) is 0 Å². The van der Waals surface area contributed by atoms with E-state index in [4.69, 9.17) is 9.47 Å². The predicted octanol–water partition coefficient (Wildman–Crippen LogP) is 1.57. The van der Waals surface area contributed by atoms with Crippen LogP contribution in [0.3, 0.4) is 0 Å². The molecule has 0 aromatic heterocycles. The lowest BCUT2D eigenvalue weighted by Gasteiger charge is -2.35. The minimum atomic E-state index is 0.518. The number of rotatable bonds is 10. The monoisotopic (exact) mass is 342 g/mol. The number of aliphatic imine (C=N–C) groups is 1. The van der Waals surface area contributed by atoms with E-state index in [1.54, 1.807) is 0 Å². The Bertz CT molecular complexity index is 342. The van der Waals surface area contributed by atoms with Crippen molar-refractivity contribution in [2.75, 3.05) is 59.7 Å². The van der Waals surface area contributed by atoms with Crippen LogP contribution in [0.1, 0.15) is 34.1 Å². The van der Waals surface area contributed by atoms with Crippen molar-refractivity contribution in [3.63, 3.8) is 0 Å². The average molecular weight is 343 g/mol. The van der Waals surface area contributed by atoms with E-state index in [0.29, 0.717) is 24.5 Å². The Morgan fingerprint density at radius 2 is 1.83 bits per heavy atom. The van der Waals surface area contributed by atoms with Gasteiger partial charge in [0.1, 0.15) is 0 Å². The van der Waals surface area contributed by atoms with E-state index in [9.17, 15) is 0 Å². The number of nitrogens with one attached hydrogen (secondary N) is 2. The predicted molar refractivity (Wildman–Crippen MR) is 101 cm³/mol. The van der Waals surface area contributed by atoms with E-state index in [-0.39, 0.29) is 0 Å². The van der Waals surface area contributed by atoms with Gasteiger partial charge in [0.15, 0.2) is 5.96 Å². The van der Waals surface area contributed by atoms with Crippen molar-refractivity contribution in [2.45, 2.75) is 40.2 Å². The number of ether oxygens (including phenoxy) is 2. The van der Waals surface area contributed by atoms with Gasteiger partial charge in [0.05, 0.1) is 19.8 Å². The first-order valence-corrected chi connectivity index (χ1v) is 9.37. The maximum absolute atomic E-state index is 5.60. The molecule has 2 N–H and O–H groups in total. The second-order valence-corrected chi connectivity index (χ2v) is 7.28. The van der Waals surface area contributed by atoms with Gasteiger partial charge in [0.2, 0.25) is 0 Å². The zero-order chi connectivity index (χ0) is 17.8. The van der Waals surface area contributed by atoms with Crippen LogP contribution in [0.2, 0.25) is 0 Å². The highest BCUT2D eigenvalue weighted by molar-refractivity contribution is 5.79. The van der Waals surface area contributed by atoms with E-state index in [2.05, 4.69) is 48.2 Å². The molecule has 6 nitrogen and oxygen atoms in total. The fourth-order valence-corrected chi connectivity index (χ4v) is 2.84. The van der Waals surface area contributed by atoms with E-state index >= 15 is 0 Å². The van der Waals surface area contributed by atoms with Crippen molar-refractivity contribution in [1.29, 1.82) is 0 Å². The Morgan fingerprint density at radius 1 is 1.12 bits per heavy atom. The highest BCUT2D eigenvalue weighted by Crippen LogP contribution is 2.12. The maximum Gasteiger partial charge on any atom is 0.191 e. The lowest BCUT2D eigenvalue weighted by Crippen LogP contribution is -2.51. The first kappa shape index (κ1) is 21.2. The van der Waals surface area contributed by atoms with Crippen molar-refractivity contribution in [2.24, 2.45) is 16.8 Å². The molecule has 1 heterocycles. The second-order valence-electron chi connectivity index (χ2n) is 7.28. The molecule has 1 aliphatic rings. The summed E-state index contributed by atoms with van der Waals surface area (Å²) < 4.78 is 11.1. The molecule has 6 heteroatoms. The molecule has 1 saturated heterocycles. The zero-order valence-electron chi connectivity index (χ0n) is 16.3. The maximum atomic E-state index is 5.60. The van der Waals surface area contributed by atoms with Crippen LogP contribution >= 0.6 is 0 Å². The van der Waals surface area contributed by atoms with Gasteiger partial charge in [0, 0.05) is 45.9 Å². The van der Waals surface area contributed by atoms with Gasteiger partial charge in [-0.1, -0.05) is 27.7 Å². The van der Waals surface area contributed by atoms with Crippen molar-refractivity contribution in [3.8, 4) is 0 Å². The first-order chi connectivity index (χ1) is 11.5. The fraction of sp³-hybridized carbons (Fsp3) is 0.944. The van der Waals surface area contributed by atoms with Crippen molar-refractivity contribution < 1.29 is 9.47 Å². The summed E-state index contributed by atoms with van der Waals surface area (Å²) in [4.78, 5) is 6.85. The third kappa shape index (κ3) is 9.45. The summed E-state index contributed by atoms with van der Waals surface area (Å²) in [5, 5.41) is 6.80. The third-order valence-electron chi connectivity index (χ3n) is 4.02. The van der Waals surface area contributed by atoms with Gasteiger partial charge in [0.25, 0.3) is 0 Å². The molecule has 0 aromatic carbocycles. The molecule has 1 aliphatic heterocycles. The molecule has 1 rings (SSSR count). The molecular formula is C18H38N4O2. The SMILES string of the molecule is CN=C(NCCOCC(C)C)NCC(CC(C)C)N1CCOCC1. The Balaban J connectivity index is 2.33. The van der Waals surface area contributed by atoms with Crippen LogP contribution < -0.4 is 10.6 Å². The normalized spacial score (nSPS) is 18.2. The van der Waals surface area contributed by atoms with Gasteiger partial charge < -0.3 is 20.1 Å². The molecule has 0 radical (unpaired) electrons. The smallest absolute Gasteiger partial charge is 0.191 e. The van der Waals surface area contributed by atoms with Crippen LogP contribution in [-0.2, 0) is 9.47 Å². The van der Waals surface area contributed by atoms with E-state index < -0.39 is 0 Å². The Kier molecular flexibility index (Phi) is 11.0. The molecule has 1 atom stereocenters. The van der Waals surface area contributed by atoms with Crippen molar-refractivity contribution >= 4 is 5.96 Å². The van der Waals surface area contributed by atoms with Crippen LogP contribution in [-0.4, -0.2) is 76.6 Å². The van der Waals surface area contributed by atoms with Crippen molar-refractivity contribution in [1.82, 2.24) is 15.5 Å². The van der Waals surface area contributed by atoms with Gasteiger partial charge >= 0.3 is 0 Å². The summed E-state index contributed by atoms with van der Waals surface area (Å²) in [7, 11) is 1.82. The topological polar surface area (TPSA) is 58.1 Å². The lowest BCUT2D eigenvalue weighted by atomic mass is 10.0. The molecular weight excluding hydrogens is 304 g/mol. The second kappa shape index (κ2) is 12.5. The molecule has 0 spiro atoms. The van der Waals surface area contributed by atoms with Gasteiger partial charge in [-0.05, 0) is 18.3 Å². The highest BCUT2D eigenvalue weighted by Gasteiger charge is 2.22. The molecule has 24 heavy (non-hydrogen) atoms. The molecule has 1 fully saturated rings. The molecule has 0 saturated carbocycles. The highest BCUT2D eigenvalue weighted by atomic mass is 16.5. The Morgan fingerprint density at radius 3 is 2.42 bits per heavy atom. The number of hydrogen-bond donors (Lipinski definition) is 2. The van der Waals surface area contributed by atoms with Crippen LogP contribution in [0.25, 0.3) is 0 Å². The summed E-state index contributed by atoms with van der Waals surface area (Å²) in [5.74, 6) is 2.11. The van der Waals surface area contributed by atoms with E-state index in [1.165, 1.54) is 6.42 Å². The van der Waals surface area contributed by atoms with Gasteiger partial charge in [-0.25, -0.2) is 0 Å². The zero-order valence-corrected chi connectivity index (χ0v) is 16.3. The third-order valence-corrected chi connectivity index (χ3v) is 4.02.